The second-order valence-electron chi connectivity index (χ2n) is 5.63. The molecule has 0 radical (unpaired) electrons. The Balaban J connectivity index is 1.97. The first-order chi connectivity index (χ1) is 11.1. The summed E-state index contributed by atoms with van der Waals surface area (Å²) in [5.41, 5.74) is 8.98. The van der Waals surface area contributed by atoms with Gasteiger partial charge in [0.25, 0.3) is 0 Å². The lowest BCUT2D eigenvalue weighted by molar-refractivity contribution is -0.126. The van der Waals surface area contributed by atoms with E-state index in [1.807, 2.05) is 49.4 Å². The Morgan fingerprint density at radius 3 is 2.26 bits per heavy atom. The van der Waals surface area contributed by atoms with Crippen LogP contribution >= 0.6 is 0 Å². The van der Waals surface area contributed by atoms with Gasteiger partial charge in [0.2, 0.25) is 5.91 Å². The number of carbonyl (C=O) groups excluding carboxylic acids is 1. The summed E-state index contributed by atoms with van der Waals surface area (Å²) >= 11 is 0. The van der Waals surface area contributed by atoms with Crippen LogP contribution in [0.3, 0.4) is 0 Å². The summed E-state index contributed by atoms with van der Waals surface area (Å²) in [5.74, 6) is 1.20. The lowest BCUT2D eigenvalue weighted by Gasteiger charge is -2.45. The number of nitrogens with zero attached hydrogens (tertiary/aromatic N) is 1. The maximum absolute atomic E-state index is 12.3. The Morgan fingerprint density at radius 1 is 1.00 bits per heavy atom. The standard InChI is InChI=1S/C18H20N2O3/c1-11-4-7-13(8-5-11)20-17(16(19)18(20)21)12-6-9-14(22-2)15(10-12)23-3/h4-10,16-17H,19H2,1-3H3/t16-,17+/m0/s1. The zero-order valence-electron chi connectivity index (χ0n) is 13.4. The molecular weight excluding hydrogens is 292 g/mol. The van der Waals surface area contributed by atoms with E-state index in [0.717, 1.165) is 16.8 Å². The van der Waals surface area contributed by atoms with E-state index in [1.54, 1.807) is 19.1 Å². The smallest absolute Gasteiger partial charge is 0.247 e. The van der Waals surface area contributed by atoms with E-state index in [4.69, 9.17) is 15.2 Å². The van der Waals surface area contributed by atoms with Gasteiger partial charge in [-0.3, -0.25) is 4.79 Å². The Kier molecular flexibility index (Phi) is 3.96. The molecule has 2 atom stereocenters. The maximum atomic E-state index is 12.3. The second-order valence-corrected chi connectivity index (χ2v) is 5.63. The van der Waals surface area contributed by atoms with Gasteiger partial charge < -0.3 is 20.1 Å². The predicted octanol–water partition coefficient (Wildman–Crippen LogP) is 2.43. The van der Waals surface area contributed by atoms with Crippen LogP contribution in [0.15, 0.2) is 42.5 Å². The number of ether oxygens (including phenoxy) is 2. The molecule has 0 saturated carbocycles. The minimum absolute atomic E-state index is 0.0753. The van der Waals surface area contributed by atoms with Crippen molar-refractivity contribution in [1.29, 1.82) is 0 Å². The fourth-order valence-electron chi connectivity index (χ4n) is 2.90. The topological polar surface area (TPSA) is 64.8 Å². The van der Waals surface area contributed by atoms with Crippen LogP contribution in [0.1, 0.15) is 17.2 Å². The first-order valence-corrected chi connectivity index (χ1v) is 7.44. The zero-order chi connectivity index (χ0) is 16.6. The first-order valence-electron chi connectivity index (χ1n) is 7.44. The molecule has 23 heavy (non-hydrogen) atoms. The number of β-lactam (4-membered cyclic amide) rings is 1. The maximum Gasteiger partial charge on any atom is 0.247 e. The highest BCUT2D eigenvalue weighted by atomic mass is 16.5. The number of rotatable bonds is 4. The van der Waals surface area contributed by atoms with Gasteiger partial charge in [0, 0.05) is 5.69 Å². The first kappa shape index (κ1) is 15.4. The third-order valence-electron chi connectivity index (χ3n) is 4.20. The number of anilines is 1. The summed E-state index contributed by atoms with van der Waals surface area (Å²) in [5, 5.41) is 0. The molecule has 3 rings (SSSR count). The third-order valence-corrected chi connectivity index (χ3v) is 4.20. The molecule has 5 heteroatoms. The van der Waals surface area contributed by atoms with Gasteiger partial charge >= 0.3 is 0 Å². The van der Waals surface area contributed by atoms with Gasteiger partial charge in [0.15, 0.2) is 11.5 Å². The Bertz CT molecular complexity index is 728. The van der Waals surface area contributed by atoms with Crippen LogP contribution in [0.25, 0.3) is 0 Å². The molecule has 5 nitrogen and oxygen atoms in total. The summed E-state index contributed by atoms with van der Waals surface area (Å²) < 4.78 is 10.6. The van der Waals surface area contributed by atoms with Crippen LogP contribution in [0.2, 0.25) is 0 Å². The van der Waals surface area contributed by atoms with Crippen LogP contribution < -0.4 is 20.1 Å². The fourth-order valence-corrected chi connectivity index (χ4v) is 2.90. The van der Waals surface area contributed by atoms with Crippen LogP contribution in [0.5, 0.6) is 11.5 Å². The van der Waals surface area contributed by atoms with Crippen molar-refractivity contribution in [3.05, 3.63) is 53.6 Å². The number of carbonyl (C=O) groups is 1. The van der Waals surface area contributed by atoms with Crippen LogP contribution in [0.4, 0.5) is 5.69 Å². The lowest BCUT2D eigenvalue weighted by atomic mass is 9.88. The summed E-state index contributed by atoms with van der Waals surface area (Å²) in [6, 6.07) is 12.7. The molecule has 0 bridgehead atoms. The van der Waals surface area contributed by atoms with Gasteiger partial charge in [-0.15, -0.1) is 0 Å². The van der Waals surface area contributed by atoms with E-state index >= 15 is 0 Å². The van der Waals surface area contributed by atoms with Gasteiger partial charge in [0.05, 0.1) is 20.3 Å². The van der Waals surface area contributed by atoms with Gasteiger partial charge in [0.1, 0.15) is 6.04 Å². The molecule has 1 saturated heterocycles. The van der Waals surface area contributed by atoms with Gasteiger partial charge in [-0.25, -0.2) is 0 Å². The van der Waals surface area contributed by atoms with E-state index in [2.05, 4.69) is 0 Å². The van der Waals surface area contributed by atoms with Crippen molar-refractivity contribution >= 4 is 11.6 Å². The number of aryl methyl sites for hydroxylation is 1. The van der Waals surface area contributed by atoms with E-state index in [0.29, 0.717) is 11.5 Å². The Hall–Kier alpha value is -2.53. The average molecular weight is 312 g/mol. The molecule has 1 aliphatic heterocycles. The Labute approximate surface area is 135 Å². The monoisotopic (exact) mass is 312 g/mol. The molecule has 2 aromatic rings. The Morgan fingerprint density at radius 2 is 1.65 bits per heavy atom. The molecule has 120 valence electrons. The predicted molar refractivity (Wildman–Crippen MR) is 88.9 cm³/mol. The zero-order valence-corrected chi connectivity index (χ0v) is 13.4. The van der Waals surface area contributed by atoms with Crippen molar-refractivity contribution < 1.29 is 14.3 Å². The van der Waals surface area contributed by atoms with Crippen molar-refractivity contribution in [1.82, 2.24) is 0 Å². The minimum Gasteiger partial charge on any atom is -0.493 e. The highest BCUT2D eigenvalue weighted by molar-refractivity contribution is 6.05. The van der Waals surface area contributed by atoms with E-state index < -0.39 is 6.04 Å². The summed E-state index contributed by atoms with van der Waals surface area (Å²) in [4.78, 5) is 14.0. The van der Waals surface area contributed by atoms with Crippen molar-refractivity contribution in [3.8, 4) is 11.5 Å². The molecular formula is C18H20N2O3. The number of amides is 1. The molecule has 1 fully saturated rings. The number of hydrogen-bond acceptors (Lipinski definition) is 4. The van der Waals surface area contributed by atoms with Gasteiger partial charge in [-0.1, -0.05) is 23.8 Å². The average Bonchev–Trinajstić information content (AvgIpc) is 2.59. The van der Waals surface area contributed by atoms with Crippen molar-refractivity contribution in [2.24, 2.45) is 5.73 Å². The molecule has 0 aromatic heterocycles. The van der Waals surface area contributed by atoms with Crippen molar-refractivity contribution in [2.45, 2.75) is 19.0 Å². The minimum atomic E-state index is -0.547. The van der Waals surface area contributed by atoms with E-state index in [9.17, 15) is 4.79 Å². The summed E-state index contributed by atoms with van der Waals surface area (Å²) in [7, 11) is 3.18. The second kappa shape index (κ2) is 5.93. The SMILES string of the molecule is COc1ccc([C@@H]2[C@H](N)C(=O)N2c2ccc(C)cc2)cc1OC. The number of benzene rings is 2. The summed E-state index contributed by atoms with van der Waals surface area (Å²) in [6.45, 7) is 2.01. The quantitative estimate of drug-likeness (QED) is 0.881. The van der Waals surface area contributed by atoms with Gasteiger partial charge in [-0.05, 0) is 36.8 Å². The summed E-state index contributed by atoms with van der Waals surface area (Å²) in [6.07, 6.45) is 0. The van der Waals surface area contributed by atoms with E-state index in [1.165, 1.54) is 0 Å². The molecule has 1 amide bonds. The van der Waals surface area contributed by atoms with Crippen LogP contribution in [-0.2, 0) is 4.79 Å². The fraction of sp³-hybridized carbons (Fsp3) is 0.278. The molecule has 2 N–H and O–H groups in total. The van der Waals surface area contributed by atoms with E-state index in [-0.39, 0.29) is 11.9 Å². The molecule has 0 unspecified atom stereocenters. The number of nitrogens with two attached hydrogens (primary N) is 1. The lowest BCUT2D eigenvalue weighted by Crippen LogP contribution is -2.63. The van der Waals surface area contributed by atoms with Crippen LogP contribution in [-0.4, -0.2) is 26.2 Å². The third kappa shape index (κ3) is 2.53. The molecule has 0 aliphatic carbocycles. The highest BCUT2D eigenvalue weighted by Crippen LogP contribution is 2.40. The normalized spacial score (nSPS) is 20.2. The van der Waals surface area contributed by atoms with Crippen LogP contribution in [0, 0.1) is 6.92 Å². The highest BCUT2D eigenvalue weighted by Gasteiger charge is 2.46. The molecule has 1 heterocycles. The largest absolute Gasteiger partial charge is 0.493 e. The number of methoxy groups -OCH3 is 2. The van der Waals surface area contributed by atoms with Crippen molar-refractivity contribution in [3.63, 3.8) is 0 Å². The number of hydrogen-bond donors (Lipinski definition) is 1. The van der Waals surface area contributed by atoms with Gasteiger partial charge in [-0.2, -0.15) is 0 Å². The molecule has 2 aromatic carbocycles. The van der Waals surface area contributed by atoms with Crippen molar-refractivity contribution in [2.75, 3.05) is 19.1 Å². The molecule has 1 aliphatic rings. The molecule has 0 spiro atoms.